The zero-order valence-electron chi connectivity index (χ0n) is 10.1. The molecule has 4 N–H and O–H groups in total. The van der Waals surface area contributed by atoms with Gasteiger partial charge in [-0.15, -0.1) is 0 Å². The number of aliphatic hydroxyl groups is 1. The van der Waals surface area contributed by atoms with Crippen molar-refractivity contribution in [1.29, 1.82) is 0 Å². The molecule has 0 atom stereocenters. The van der Waals surface area contributed by atoms with Gasteiger partial charge in [-0.3, -0.25) is 0 Å². The van der Waals surface area contributed by atoms with Gasteiger partial charge in [-0.25, -0.2) is 0 Å². The minimum Gasteiger partial charge on any atom is -0.409 e. The number of aliphatic hydroxyl groups excluding tert-OH is 1. The molecule has 0 radical (unpaired) electrons. The van der Waals surface area contributed by atoms with E-state index in [1.165, 1.54) is 0 Å². The number of hydrogen-bond donors (Lipinski definition) is 3. The van der Waals surface area contributed by atoms with Gasteiger partial charge in [0.1, 0.15) is 23.8 Å². The Labute approximate surface area is 99.5 Å². The van der Waals surface area contributed by atoms with Crippen LogP contribution in [-0.4, -0.2) is 34.2 Å². The molecule has 0 saturated carbocycles. The first kappa shape index (κ1) is 11.7. The van der Waals surface area contributed by atoms with E-state index in [1.54, 1.807) is 4.73 Å². The Hall–Kier alpha value is -1.82. The van der Waals surface area contributed by atoms with Gasteiger partial charge in [-0.2, -0.15) is 4.73 Å². The van der Waals surface area contributed by atoms with Crippen LogP contribution in [0.25, 0.3) is 11.0 Å². The fourth-order valence-corrected chi connectivity index (χ4v) is 1.85. The third kappa shape index (κ3) is 1.91. The van der Waals surface area contributed by atoms with Crippen LogP contribution in [0, 0.1) is 0 Å². The van der Waals surface area contributed by atoms with Crippen molar-refractivity contribution in [3.05, 3.63) is 12.1 Å². The summed E-state index contributed by atoms with van der Waals surface area (Å²) in [6.45, 7) is 3.04. The van der Waals surface area contributed by atoms with Gasteiger partial charge >= 0.3 is 0 Å². The first-order valence-electron chi connectivity index (χ1n) is 5.63. The van der Waals surface area contributed by atoms with Crippen LogP contribution >= 0.6 is 0 Å². The van der Waals surface area contributed by atoms with Crippen molar-refractivity contribution in [1.82, 2.24) is 9.30 Å². The van der Waals surface area contributed by atoms with E-state index >= 15 is 0 Å². The van der Waals surface area contributed by atoms with Gasteiger partial charge in [0.15, 0.2) is 0 Å². The molecular formula is C11H18N4O2. The second-order valence-corrected chi connectivity index (χ2v) is 3.81. The third-order valence-electron chi connectivity index (χ3n) is 2.68. The largest absolute Gasteiger partial charge is 0.409 e. The maximum absolute atomic E-state index is 8.83. The molecule has 0 saturated heterocycles. The molecule has 0 aliphatic rings. The van der Waals surface area contributed by atoms with Gasteiger partial charge in [0, 0.05) is 25.7 Å². The van der Waals surface area contributed by atoms with Crippen LogP contribution in [0.3, 0.4) is 0 Å². The minimum atomic E-state index is -0.0203. The molecule has 2 aromatic rings. The van der Waals surface area contributed by atoms with Gasteiger partial charge in [0.05, 0.1) is 12.1 Å². The van der Waals surface area contributed by atoms with Crippen molar-refractivity contribution in [3.63, 3.8) is 0 Å². The van der Waals surface area contributed by atoms with Gasteiger partial charge in [0.25, 0.3) is 0 Å². The Morgan fingerprint density at radius 1 is 1.41 bits per heavy atom. The third-order valence-corrected chi connectivity index (χ3v) is 2.68. The molecule has 0 amide bonds. The highest BCUT2D eigenvalue weighted by atomic mass is 16.7. The van der Waals surface area contributed by atoms with E-state index in [9.17, 15) is 0 Å². The van der Waals surface area contributed by atoms with Gasteiger partial charge in [-0.05, 0) is 6.92 Å². The van der Waals surface area contributed by atoms with E-state index in [0.29, 0.717) is 5.82 Å². The van der Waals surface area contributed by atoms with Crippen molar-refractivity contribution in [2.45, 2.75) is 6.92 Å². The van der Waals surface area contributed by atoms with Gasteiger partial charge in [0.2, 0.25) is 0 Å². The maximum atomic E-state index is 8.83. The summed E-state index contributed by atoms with van der Waals surface area (Å²) >= 11 is 0. The SMILES string of the molecule is CCNc1cc2c(cc(N)n2C)n1OCCO. The number of nitrogens with zero attached hydrogens (tertiary/aromatic N) is 2. The van der Waals surface area contributed by atoms with E-state index in [1.807, 2.05) is 30.7 Å². The predicted molar refractivity (Wildman–Crippen MR) is 68.0 cm³/mol. The molecule has 0 bridgehead atoms. The molecule has 17 heavy (non-hydrogen) atoms. The van der Waals surface area contributed by atoms with E-state index in [4.69, 9.17) is 15.7 Å². The lowest BCUT2D eigenvalue weighted by Gasteiger charge is -2.11. The van der Waals surface area contributed by atoms with Crippen LogP contribution in [0.1, 0.15) is 6.92 Å². The summed E-state index contributed by atoms with van der Waals surface area (Å²) in [5.74, 6) is 1.54. The number of aryl methyl sites for hydroxylation is 1. The Bertz CT molecular complexity index is 515. The summed E-state index contributed by atoms with van der Waals surface area (Å²) in [6, 6.07) is 3.83. The normalized spacial score (nSPS) is 11.0. The van der Waals surface area contributed by atoms with E-state index in [0.717, 1.165) is 23.4 Å². The zero-order chi connectivity index (χ0) is 12.4. The number of hydrogen-bond acceptors (Lipinski definition) is 4. The lowest BCUT2D eigenvalue weighted by atomic mass is 10.5. The number of nitrogen functional groups attached to an aromatic ring is 1. The van der Waals surface area contributed by atoms with Crippen molar-refractivity contribution in [3.8, 4) is 0 Å². The van der Waals surface area contributed by atoms with Crippen LogP contribution in [0.4, 0.5) is 11.6 Å². The summed E-state index contributed by atoms with van der Waals surface area (Å²) in [6.07, 6.45) is 0. The van der Waals surface area contributed by atoms with Gasteiger partial charge in [-0.1, -0.05) is 0 Å². The Morgan fingerprint density at radius 3 is 2.82 bits per heavy atom. The lowest BCUT2D eigenvalue weighted by Crippen LogP contribution is -2.17. The molecule has 94 valence electrons. The summed E-state index contributed by atoms with van der Waals surface area (Å²) < 4.78 is 3.57. The Balaban J connectivity index is 2.49. The van der Waals surface area contributed by atoms with Crippen molar-refractivity contribution in [2.75, 3.05) is 30.8 Å². The highest BCUT2D eigenvalue weighted by Gasteiger charge is 2.14. The average molecular weight is 238 g/mol. The standard InChI is InChI=1S/C11H18N4O2/c1-3-13-11-7-8-9(6-10(12)14(8)2)15(11)17-5-4-16/h6-7,13,16H,3-5,12H2,1-2H3. The van der Waals surface area contributed by atoms with Crippen LogP contribution in [-0.2, 0) is 7.05 Å². The summed E-state index contributed by atoms with van der Waals surface area (Å²) in [5, 5.41) is 12.0. The second-order valence-electron chi connectivity index (χ2n) is 3.81. The summed E-state index contributed by atoms with van der Waals surface area (Å²) in [4.78, 5) is 5.50. The van der Waals surface area contributed by atoms with Crippen molar-refractivity contribution >= 4 is 22.7 Å². The smallest absolute Gasteiger partial charge is 0.145 e. The molecule has 6 heteroatoms. The average Bonchev–Trinajstić information content (AvgIpc) is 2.77. The summed E-state index contributed by atoms with van der Waals surface area (Å²) in [5.41, 5.74) is 7.74. The number of nitrogens with one attached hydrogen (secondary N) is 1. The second kappa shape index (κ2) is 4.58. The Morgan fingerprint density at radius 2 is 2.18 bits per heavy atom. The molecule has 0 spiro atoms. The van der Waals surface area contributed by atoms with Crippen LogP contribution in [0.2, 0.25) is 0 Å². The molecular weight excluding hydrogens is 220 g/mol. The number of aromatic nitrogens is 2. The lowest BCUT2D eigenvalue weighted by molar-refractivity contribution is 0.0864. The van der Waals surface area contributed by atoms with Crippen LogP contribution in [0.5, 0.6) is 0 Å². The molecule has 2 aromatic heterocycles. The summed E-state index contributed by atoms with van der Waals surface area (Å²) in [7, 11) is 1.91. The molecule has 2 heterocycles. The van der Waals surface area contributed by atoms with Crippen molar-refractivity contribution in [2.24, 2.45) is 7.05 Å². The van der Waals surface area contributed by atoms with E-state index in [-0.39, 0.29) is 13.2 Å². The van der Waals surface area contributed by atoms with E-state index < -0.39 is 0 Å². The van der Waals surface area contributed by atoms with Crippen molar-refractivity contribution < 1.29 is 9.94 Å². The molecule has 0 fully saturated rings. The molecule has 0 aliphatic heterocycles. The highest BCUT2D eigenvalue weighted by molar-refractivity contribution is 5.86. The predicted octanol–water partition coefficient (Wildman–Crippen LogP) is 0.415. The number of fused-ring (bicyclic) bond motifs is 1. The van der Waals surface area contributed by atoms with Crippen LogP contribution < -0.4 is 15.9 Å². The van der Waals surface area contributed by atoms with Crippen LogP contribution in [0.15, 0.2) is 12.1 Å². The minimum absolute atomic E-state index is 0.0203. The quantitative estimate of drug-likeness (QED) is 0.705. The number of rotatable bonds is 5. The molecule has 2 rings (SSSR count). The number of nitrogens with two attached hydrogens (primary N) is 1. The topological polar surface area (TPSA) is 77.4 Å². The zero-order valence-corrected chi connectivity index (χ0v) is 10.1. The molecule has 0 aliphatic carbocycles. The maximum Gasteiger partial charge on any atom is 0.145 e. The monoisotopic (exact) mass is 238 g/mol. The Kier molecular flexibility index (Phi) is 3.14. The number of anilines is 2. The first-order chi connectivity index (χ1) is 8.19. The first-order valence-corrected chi connectivity index (χ1v) is 5.63. The molecule has 6 nitrogen and oxygen atoms in total. The fourth-order valence-electron chi connectivity index (χ4n) is 1.85. The van der Waals surface area contributed by atoms with E-state index in [2.05, 4.69) is 5.32 Å². The van der Waals surface area contributed by atoms with Gasteiger partial charge < -0.3 is 25.6 Å². The fraction of sp³-hybridized carbons (Fsp3) is 0.455. The highest BCUT2D eigenvalue weighted by Crippen LogP contribution is 2.26. The molecule has 0 aromatic carbocycles. The molecule has 0 unspecified atom stereocenters.